The molecule has 0 atom stereocenters. The van der Waals surface area contributed by atoms with Crippen LogP contribution in [0.5, 0.6) is 11.5 Å². The molecule has 0 bridgehead atoms. The Hall–Kier alpha value is -4.39. The van der Waals surface area contributed by atoms with Gasteiger partial charge in [-0.15, -0.1) is 0 Å². The molecule has 7 heteroatoms. The summed E-state index contributed by atoms with van der Waals surface area (Å²) in [5.74, 6) is 0.491. The number of para-hydroxylation sites is 1. The summed E-state index contributed by atoms with van der Waals surface area (Å²) in [5, 5.41) is 7.46. The Morgan fingerprint density at radius 2 is 1.74 bits per heavy atom. The summed E-state index contributed by atoms with van der Waals surface area (Å²) in [6.07, 6.45) is 4.95. The van der Waals surface area contributed by atoms with Crippen molar-refractivity contribution in [1.29, 1.82) is 0 Å². The summed E-state index contributed by atoms with van der Waals surface area (Å²) >= 11 is 0. The summed E-state index contributed by atoms with van der Waals surface area (Å²) in [6, 6.07) is 21.6. The lowest BCUT2D eigenvalue weighted by Gasteiger charge is -2.09. The highest BCUT2D eigenvalue weighted by Crippen LogP contribution is 2.33. The molecule has 0 aliphatic heterocycles. The van der Waals surface area contributed by atoms with Crippen molar-refractivity contribution in [3.63, 3.8) is 0 Å². The number of carbonyl (C=O) groups excluding carboxylic acids is 1. The molecule has 1 N–H and O–H groups in total. The molecule has 1 aromatic heterocycles. The first kappa shape index (κ1) is 22.8. The molecule has 1 heterocycles. The topological polar surface area (TPSA) is 65.4 Å². The molecule has 3 aromatic carbocycles. The number of nitrogens with zero attached hydrogens (tertiary/aromatic N) is 2. The van der Waals surface area contributed by atoms with Crippen LogP contribution in [-0.2, 0) is 11.3 Å². The third-order valence-electron chi connectivity index (χ3n) is 5.25. The number of hydrogen-bond donors (Lipinski definition) is 1. The average Bonchev–Trinajstić information content (AvgIpc) is 3.31. The van der Waals surface area contributed by atoms with Crippen LogP contribution in [0, 0.1) is 5.82 Å². The van der Waals surface area contributed by atoms with Crippen molar-refractivity contribution in [2.24, 2.45) is 0 Å². The Morgan fingerprint density at radius 1 is 1.00 bits per heavy atom. The van der Waals surface area contributed by atoms with Crippen molar-refractivity contribution in [3.8, 4) is 28.4 Å². The molecule has 4 aromatic rings. The van der Waals surface area contributed by atoms with Crippen LogP contribution < -0.4 is 14.8 Å². The van der Waals surface area contributed by atoms with Crippen LogP contribution in [0.4, 0.5) is 4.39 Å². The monoisotopic (exact) mass is 457 g/mol. The average molecular weight is 458 g/mol. The summed E-state index contributed by atoms with van der Waals surface area (Å²) < 4.78 is 26.3. The van der Waals surface area contributed by atoms with Crippen molar-refractivity contribution < 1.29 is 18.7 Å². The van der Waals surface area contributed by atoms with Gasteiger partial charge >= 0.3 is 0 Å². The Morgan fingerprint density at radius 3 is 2.47 bits per heavy atom. The first-order valence-electron chi connectivity index (χ1n) is 10.7. The van der Waals surface area contributed by atoms with Gasteiger partial charge < -0.3 is 14.8 Å². The number of amides is 1. The van der Waals surface area contributed by atoms with Crippen LogP contribution in [0.2, 0.25) is 0 Å². The van der Waals surface area contributed by atoms with Crippen molar-refractivity contribution in [1.82, 2.24) is 15.1 Å². The van der Waals surface area contributed by atoms with E-state index in [0.29, 0.717) is 22.8 Å². The van der Waals surface area contributed by atoms with Gasteiger partial charge in [0.05, 0.1) is 19.9 Å². The van der Waals surface area contributed by atoms with Crippen molar-refractivity contribution in [3.05, 3.63) is 102 Å². The molecular weight excluding hydrogens is 433 g/mol. The van der Waals surface area contributed by atoms with E-state index in [9.17, 15) is 9.18 Å². The van der Waals surface area contributed by atoms with Gasteiger partial charge in [0.15, 0.2) is 11.5 Å². The second kappa shape index (κ2) is 10.5. The van der Waals surface area contributed by atoms with E-state index in [-0.39, 0.29) is 18.3 Å². The Labute approximate surface area is 197 Å². The maximum absolute atomic E-state index is 13.8. The normalized spacial score (nSPS) is 10.9. The first-order valence-corrected chi connectivity index (χ1v) is 10.7. The molecule has 6 nitrogen and oxygen atoms in total. The lowest BCUT2D eigenvalue weighted by Crippen LogP contribution is -2.20. The van der Waals surface area contributed by atoms with E-state index >= 15 is 0 Å². The summed E-state index contributed by atoms with van der Waals surface area (Å²) in [5.41, 5.74) is 3.51. The standard InChI is InChI=1S/C27H24FN3O3/c1-33-24-14-12-19(16-25(24)34-2)27-21(18-31(30-27)22-9-4-3-5-10-22)13-15-26(32)29-17-20-8-6-7-11-23(20)28/h3-16,18H,17H2,1-2H3,(H,29,32)/b15-13+. The number of aromatic nitrogens is 2. The van der Waals surface area contributed by atoms with Crippen LogP contribution in [0.3, 0.4) is 0 Å². The Balaban J connectivity index is 1.63. The van der Waals surface area contributed by atoms with Crippen molar-refractivity contribution >= 4 is 12.0 Å². The molecule has 0 aliphatic rings. The number of hydrogen-bond acceptors (Lipinski definition) is 4. The summed E-state index contributed by atoms with van der Waals surface area (Å²) in [4.78, 5) is 12.4. The van der Waals surface area contributed by atoms with E-state index in [1.54, 1.807) is 43.2 Å². The number of ether oxygens (including phenoxy) is 2. The van der Waals surface area contributed by atoms with Gasteiger partial charge in [-0.2, -0.15) is 5.10 Å². The zero-order valence-electron chi connectivity index (χ0n) is 18.9. The summed E-state index contributed by atoms with van der Waals surface area (Å²) in [6.45, 7) is 0.0989. The van der Waals surface area contributed by atoms with E-state index in [4.69, 9.17) is 14.6 Å². The zero-order valence-corrected chi connectivity index (χ0v) is 18.9. The number of nitrogens with one attached hydrogen (secondary N) is 1. The predicted molar refractivity (Wildman–Crippen MR) is 129 cm³/mol. The quantitative estimate of drug-likeness (QED) is 0.377. The van der Waals surface area contributed by atoms with Crippen molar-refractivity contribution in [2.75, 3.05) is 14.2 Å². The van der Waals surface area contributed by atoms with Gasteiger partial charge in [0, 0.05) is 35.5 Å². The number of carbonyl (C=O) groups is 1. The maximum Gasteiger partial charge on any atom is 0.244 e. The molecule has 0 radical (unpaired) electrons. The van der Waals surface area contributed by atoms with Crippen LogP contribution in [-0.4, -0.2) is 29.9 Å². The minimum Gasteiger partial charge on any atom is -0.493 e. The van der Waals surface area contributed by atoms with Gasteiger partial charge in [-0.05, 0) is 42.5 Å². The lowest BCUT2D eigenvalue weighted by atomic mass is 10.1. The second-order valence-electron chi connectivity index (χ2n) is 7.43. The van der Waals surface area contributed by atoms with Crippen LogP contribution >= 0.6 is 0 Å². The van der Waals surface area contributed by atoms with Crippen LogP contribution in [0.25, 0.3) is 23.0 Å². The first-order chi connectivity index (χ1) is 16.6. The predicted octanol–water partition coefficient (Wildman–Crippen LogP) is 5.03. The highest BCUT2D eigenvalue weighted by atomic mass is 19.1. The highest BCUT2D eigenvalue weighted by molar-refractivity contribution is 5.92. The molecule has 1 amide bonds. The zero-order chi connectivity index (χ0) is 23.9. The third kappa shape index (κ3) is 5.15. The van der Waals surface area contributed by atoms with E-state index < -0.39 is 0 Å². The number of methoxy groups -OCH3 is 2. The molecule has 0 saturated heterocycles. The fourth-order valence-corrected chi connectivity index (χ4v) is 3.48. The molecule has 0 fully saturated rings. The van der Waals surface area contributed by atoms with Crippen molar-refractivity contribution in [2.45, 2.75) is 6.54 Å². The van der Waals surface area contributed by atoms with Crippen LogP contribution in [0.1, 0.15) is 11.1 Å². The SMILES string of the molecule is COc1ccc(-c2nn(-c3ccccc3)cc2/C=C/C(=O)NCc2ccccc2F)cc1OC. The minimum atomic E-state index is -0.355. The fraction of sp³-hybridized carbons (Fsp3) is 0.111. The summed E-state index contributed by atoms with van der Waals surface area (Å²) in [7, 11) is 3.15. The number of benzene rings is 3. The highest BCUT2D eigenvalue weighted by Gasteiger charge is 2.14. The van der Waals surface area contributed by atoms with Gasteiger partial charge in [0.1, 0.15) is 11.5 Å². The Kier molecular flexibility index (Phi) is 7.03. The van der Waals surface area contributed by atoms with E-state index in [1.165, 1.54) is 12.1 Å². The molecule has 0 unspecified atom stereocenters. The van der Waals surface area contributed by atoms with Gasteiger partial charge in [-0.25, -0.2) is 9.07 Å². The largest absolute Gasteiger partial charge is 0.493 e. The number of halogens is 1. The molecule has 0 spiro atoms. The maximum atomic E-state index is 13.8. The van der Waals surface area contributed by atoms with E-state index in [0.717, 1.165) is 16.8 Å². The molecule has 0 aliphatic carbocycles. The van der Waals surface area contributed by atoms with Gasteiger partial charge in [0.2, 0.25) is 5.91 Å². The smallest absolute Gasteiger partial charge is 0.244 e. The van der Waals surface area contributed by atoms with Crippen LogP contribution in [0.15, 0.2) is 85.1 Å². The molecule has 34 heavy (non-hydrogen) atoms. The molecule has 4 rings (SSSR count). The lowest BCUT2D eigenvalue weighted by molar-refractivity contribution is -0.116. The van der Waals surface area contributed by atoms with Gasteiger partial charge in [-0.3, -0.25) is 4.79 Å². The molecular formula is C27H24FN3O3. The molecule has 172 valence electrons. The van der Waals surface area contributed by atoms with E-state index in [2.05, 4.69) is 5.32 Å². The molecule has 0 saturated carbocycles. The van der Waals surface area contributed by atoms with E-state index in [1.807, 2.05) is 54.7 Å². The van der Waals surface area contributed by atoms with Gasteiger partial charge in [-0.1, -0.05) is 36.4 Å². The second-order valence-corrected chi connectivity index (χ2v) is 7.43. The minimum absolute atomic E-state index is 0.0989. The van der Waals surface area contributed by atoms with Gasteiger partial charge in [0.25, 0.3) is 0 Å². The fourth-order valence-electron chi connectivity index (χ4n) is 3.48. The Bertz CT molecular complexity index is 1320. The number of rotatable bonds is 8. The third-order valence-corrected chi connectivity index (χ3v) is 5.25.